The molecule has 0 bridgehead atoms. The Balaban J connectivity index is 1.32. The molecule has 0 spiro atoms. The first-order valence-corrected chi connectivity index (χ1v) is 15.8. The van der Waals surface area contributed by atoms with Crippen LogP contribution in [-0.2, 0) is 0 Å². The summed E-state index contributed by atoms with van der Waals surface area (Å²) in [4.78, 5) is 5.59. The molecule has 1 fully saturated rings. The summed E-state index contributed by atoms with van der Waals surface area (Å²) in [6.07, 6.45) is 5.55. The number of ether oxygens (including phenoxy) is 2. The smallest absolute Gasteiger partial charge is 0.119 e. The van der Waals surface area contributed by atoms with Gasteiger partial charge in [0.05, 0.1) is 13.2 Å². The lowest BCUT2D eigenvalue weighted by atomic mass is 9.84. The second-order valence-corrected chi connectivity index (χ2v) is 12.9. The first kappa shape index (κ1) is 27.9. The normalized spacial score (nSPS) is 17.0. The summed E-state index contributed by atoms with van der Waals surface area (Å²) in [7, 11) is 0. The summed E-state index contributed by atoms with van der Waals surface area (Å²) in [5.41, 5.74) is 16.8. The third-order valence-corrected chi connectivity index (χ3v) is 9.97. The van der Waals surface area contributed by atoms with Gasteiger partial charge in [0.25, 0.3) is 0 Å². The summed E-state index contributed by atoms with van der Waals surface area (Å²) < 4.78 is 11.6. The highest BCUT2D eigenvalue weighted by Crippen LogP contribution is 2.51. The van der Waals surface area contributed by atoms with E-state index in [1.165, 1.54) is 61.0 Å². The molecule has 2 unspecified atom stereocenters. The molecular formula is C33H40N2O2S2. The van der Waals surface area contributed by atoms with Crippen molar-refractivity contribution in [2.75, 3.05) is 26.3 Å². The molecule has 39 heavy (non-hydrogen) atoms. The third-order valence-electron chi connectivity index (χ3n) is 7.74. The predicted octanol–water partition coefficient (Wildman–Crippen LogP) is 8.27. The highest BCUT2D eigenvalue weighted by atomic mass is 32.1. The van der Waals surface area contributed by atoms with E-state index in [1.807, 2.05) is 22.7 Å². The highest BCUT2D eigenvalue weighted by molar-refractivity contribution is 7.16. The maximum atomic E-state index is 5.80. The maximum absolute atomic E-state index is 5.80. The number of nitrogens with two attached hydrogens (primary N) is 2. The van der Waals surface area contributed by atoms with Crippen LogP contribution >= 0.6 is 22.7 Å². The van der Waals surface area contributed by atoms with Gasteiger partial charge in [-0.1, -0.05) is 6.42 Å². The molecule has 5 rings (SSSR count). The number of aryl methyl sites for hydroxylation is 2. The number of thiophene rings is 2. The second kappa shape index (κ2) is 13.1. The van der Waals surface area contributed by atoms with E-state index in [9.17, 15) is 0 Å². The fourth-order valence-corrected chi connectivity index (χ4v) is 7.89. The van der Waals surface area contributed by atoms with Crippen molar-refractivity contribution < 1.29 is 9.47 Å². The van der Waals surface area contributed by atoms with Crippen LogP contribution in [0.2, 0.25) is 0 Å². The molecule has 4 aromatic rings. The van der Waals surface area contributed by atoms with E-state index in [1.54, 1.807) is 0 Å². The lowest BCUT2D eigenvalue weighted by Crippen LogP contribution is -2.05. The van der Waals surface area contributed by atoms with Crippen molar-refractivity contribution in [3.8, 4) is 32.4 Å². The summed E-state index contributed by atoms with van der Waals surface area (Å²) in [6, 6.07) is 22.0. The van der Waals surface area contributed by atoms with Crippen molar-refractivity contribution >= 4 is 22.7 Å². The van der Waals surface area contributed by atoms with Crippen LogP contribution in [0.4, 0.5) is 0 Å². The number of rotatable bonds is 12. The zero-order valence-corrected chi connectivity index (χ0v) is 24.7. The predicted molar refractivity (Wildman–Crippen MR) is 167 cm³/mol. The van der Waals surface area contributed by atoms with Crippen LogP contribution in [-0.4, -0.2) is 26.3 Å². The fraction of sp³-hybridized carbons (Fsp3) is 0.394. The van der Waals surface area contributed by atoms with Gasteiger partial charge in [0.2, 0.25) is 0 Å². The van der Waals surface area contributed by atoms with Crippen molar-refractivity contribution in [3.63, 3.8) is 0 Å². The zero-order chi connectivity index (χ0) is 27.2. The van der Waals surface area contributed by atoms with Gasteiger partial charge in [-0.25, -0.2) is 0 Å². The zero-order valence-electron chi connectivity index (χ0n) is 23.1. The average Bonchev–Trinajstić information content (AvgIpc) is 3.68. The summed E-state index contributed by atoms with van der Waals surface area (Å²) in [5, 5.41) is 0. The summed E-state index contributed by atoms with van der Waals surface area (Å²) in [5.74, 6) is 2.98. The van der Waals surface area contributed by atoms with E-state index < -0.39 is 0 Å². The van der Waals surface area contributed by atoms with Gasteiger partial charge in [-0.3, -0.25) is 0 Å². The Morgan fingerprint density at radius 2 is 1.08 bits per heavy atom. The largest absolute Gasteiger partial charge is 0.494 e. The second-order valence-electron chi connectivity index (χ2n) is 10.4. The Hall–Kier alpha value is -2.64. The number of hydrogen-bond acceptors (Lipinski definition) is 6. The van der Waals surface area contributed by atoms with E-state index >= 15 is 0 Å². The fourth-order valence-electron chi connectivity index (χ4n) is 5.70. The summed E-state index contributed by atoms with van der Waals surface area (Å²) >= 11 is 3.84. The number of hydrogen-bond donors (Lipinski definition) is 2. The quantitative estimate of drug-likeness (QED) is 0.171. The molecule has 206 valence electrons. The molecule has 6 heteroatoms. The van der Waals surface area contributed by atoms with Gasteiger partial charge in [0, 0.05) is 19.5 Å². The Kier molecular flexibility index (Phi) is 9.40. The molecule has 0 saturated heterocycles. The van der Waals surface area contributed by atoms with Gasteiger partial charge >= 0.3 is 0 Å². The Labute approximate surface area is 241 Å². The van der Waals surface area contributed by atoms with Crippen molar-refractivity contribution in [1.82, 2.24) is 0 Å². The molecule has 2 aromatic heterocycles. The summed E-state index contributed by atoms with van der Waals surface area (Å²) in [6.45, 7) is 7.24. The van der Waals surface area contributed by atoms with E-state index in [4.69, 9.17) is 20.9 Å². The molecule has 4 N–H and O–H groups in total. The molecule has 0 aliphatic heterocycles. The van der Waals surface area contributed by atoms with Gasteiger partial charge < -0.3 is 20.9 Å². The van der Waals surface area contributed by atoms with Gasteiger partial charge in [-0.15, -0.1) is 22.7 Å². The molecule has 1 saturated carbocycles. The monoisotopic (exact) mass is 560 g/mol. The van der Waals surface area contributed by atoms with Crippen LogP contribution in [0.15, 0.2) is 60.7 Å². The van der Waals surface area contributed by atoms with Crippen LogP contribution in [0.5, 0.6) is 11.5 Å². The van der Waals surface area contributed by atoms with Crippen molar-refractivity contribution in [2.24, 2.45) is 11.5 Å². The van der Waals surface area contributed by atoms with Crippen molar-refractivity contribution in [3.05, 3.63) is 81.5 Å². The molecule has 1 aliphatic carbocycles. The van der Waals surface area contributed by atoms with Gasteiger partial charge in [0.15, 0.2) is 0 Å². The molecular weight excluding hydrogens is 521 g/mol. The van der Waals surface area contributed by atoms with Crippen molar-refractivity contribution in [2.45, 2.75) is 57.8 Å². The molecule has 2 aromatic carbocycles. The van der Waals surface area contributed by atoms with E-state index in [0.29, 0.717) is 38.1 Å². The van der Waals surface area contributed by atoms with Crippen LogP contribution in [0, 0.1) is 13.8 Å². The van der Waals surface area contributed by atoms with E-state index in [0.717, 1.165) is 24.3 Å². The maximum Gasteiger partial charge on any atom is 0.119 e. The lowest BCUT2D eigenvalue weighted by Gasteiger charge is -2.20. The molecule has 0 radical (unpaired) electrons. The van der Waals surface area contributed by atoms with Gasteiger partial charge in [-0.2, -0.15) is 0 Å². The van der Waals surface area contributed by atoms with Gasteiger partial charge in [0.1, 0.15) is 11.5 Å². The Morgan fingerprint density at radius 3 is 1.46 bits per heavy atom. The minimum Gasteiger partial charge on any atom is -0.494 e. The SMILES string of the molecule is Cc1sc(-c2ccc(OCCCN)cc2)cc1C1CCCC1c1cc(-c2ccc(OCCCN)cc2)sc1C. The average molecular weight is 561 g/mol. The Morgan fingerprint density at radius 1 is 0.667 bits per heavy atom. The topological polar surface area (TPSA) is 70.5 Å². The van der Waals surface area contributed by atoms with E-state index in [-0.39, 0.29) is 0 Å². The first-order valence-electron chi connectivity index (χ1n) is 14.1. The van der Waals surface area contributed by atoms with E-state index in [2.05, 4.69) is 74.5 Å². The molecule has 0 amide bonds. The molecule has 1 aliphatic rings. The molecule has 2 heterocycles. The molecule has 4 nitrogen and oxygen atoms in total. The highest BCUT2D eigenvalue weighted by Gasteiger charge is 2.33. The van der Waals surface area contributed by atoms with Crippen molar-refractivity contribution in [1.29, 1.82) is 0 Å². The van der Waals surface area contributed by atoms with Crippen LogP contribution < -0.4 is 20.9 Å². The van der Waals surface area contributed by atoms with Crippen LogP contribution in [0.3, 0.4) is 0 Å². The lowest BCUT2D eigenvalue weighted by molar-refractivity contribution is 0.313. The van der Waals surface area contributed by atoms with Gasteiger partial charge in [-0.05, 0) is 147 Å². The third kappa shape index (κ3) is 6.58. The number of benzene rings is 2. The standard InChI is InChI=1S/C33H40N2O2S2/c1-22-30(20-32(38-22)24-8-12-26(13-9-24)36-18-4-16-34)28-6-3-7-29(28)31-21-33(39-23(31)2)25-10-14-27(15-11-25)37-19-5-17-35/h8-15,20-21,28-29H,3-7,16-19,34-35H2,1-2H3. The molecule has 2 atom stereocenters. The van der Waals surface area contributed by atoms with Crippen LogP contribution in [0.25, 0.3) is 20.9 Å². The van der Waals surface area contributed by atoms with Crippen LogP contribution in [0.1, 0.15) is 64.8 Å². The first-order chi connectivity index (χ1) is 19.1. The Bertz CT molecular complexity index is 1240. The minimum atomic E-state index is 0.577. The minimum absolute atomic E-state index is 0.577.